The van der Waals surface area contributed by atoms with Crippen LogP contribution in [0.15, 0.2) is 48.5 Å². The van der Waals surface area contributed by atoms with Gasteiger partial charge in [-0.25, -0.2) is 0 Å². The van der Waals surface area contributed by atoms with Gasteiger partial charge >= 0.3 is 0 Å². The summed E-state index contributed by atoms with van der Waals surface area (Å²) in [6.07, 6.45) is -0.704. The van der Waals surface area contributed by atoms with Crippen molar-refractivity contribution in [3.8, 4) is 11.5 Å². The standard InChI is InChI=1S/C16H19NO3/c1-2-19-14-6-8-15(9-7-14)20-11-16(18)12-4-3-5-13(17)10-12/h3-10,16,18H,2,11,17H2,1H3. The molecule has 2 aromatic carbocycles. The number of rotatable bonds is 6. The summed E-state index contributed by atoms with van der Waals surface area (Å²) in [5.41, 5.74) is 7.06. The summed E-state index contributed by atoms with van der Waals surface area (Å²) >= 11 is 0. The lowest BCUT2D eigenvalue weighted by Crippen LogP contribution is -2.09. The van der Waals surface area contributed by atoms with Crippen molar-refractivity contribution in [1.29, 1.82) is 0 Å². The van der Waals surface area contributed by atoms with E-state index in [-0.39, 0.29) is 6.61 Å². The molecule has 0 heterocycles. The predicted molar refractivity (Wildman–Crippen MR) is 78.9 cm³/mol. The first-order valence-electron chi connectivity index (χ1n) is 6.58. The SMILES string of the molecule is CCOc1ccc(OCC(O)c2cccc(N)c2)cc1. The first kappa shape index (κ1) is 14.2. The lowest BCUT2D eigenvalue weighted by molar-refractivity contribution is 0.108. The lowest BCUT2D eigenvalue weighted by Gasteiger charge is -2.13. The number of ether oxygens (including phenoxy) is 2. The normalized spacial score (nSPS) is 11.9. The molecule has 2 rings (SSSR count). The molecule has 0 aliphatic heterocycles. The van der Waals surface area contributed by atoms with Gasteiger partial charge in [-0.1, -0.05) is 12.1 Å². The van der Waals surface area contributed by atoms with Crippen LogP contribution in [0.5, 0.6) is 11.5 Å². The van der Waals surface area contributed by atoms with E-state index in [4.69, 9.17) is 15.2 Å². The van der Waals surface area contributed by atoms with Crippen LogP contribution in [0, 0.1) is 0 Å². The van der Waals surface area contributed by atoms with Crippen LogP contribution < -0.4 is 15.2 Å². The summed E-state index contributed by atoms with van der Waals surface area (Å²) in [5.74, 6) is 1.49. The summed E-state index contributed by atoms with van der Waals surface area (Å²) in [4.78, 5) is 0. The Hall–Kier alpha value is -2.20. The molecule has 20 heavy (non-hydrogen) atoms. The van der Waals surface area contributed by atoms with Crippen LogP contribution in [0.25, 0.3) is 0 Å². The monoisotopic (exact) mass is 273 g/mol. The summed E-state index contributed by atoms with van der Waals surface area (Å²) < 4.78 is 10.9. The van der Waals surface area contributed by atoms with Crippen molar-refractivity contribution in [3.05, 3.63) is 54.1 Å². The molecule has 3 N–H and O–H groups in total. The van der Waals surface area contributed by atoms with E-state index in [0.29, 0.717) is 18.0 Å². The van der Waals surface area contributed by atoms with Crippen LogP contribution in [0.4, 0.5) is 5.69 Å². The smallest absolute Gasteiger partial charge is 0.119 e. The van der Waals surface area contributed by atoms with E-state index in [2.05, 4.69) is 0 Å². The first-order valence-corrected chi connectivity index (χ1v) is 6.58. The molecule has 2 aromatic rings. The summed E-state index contributed by atoms with van der Waals surface area (Å²) in [7, 11) is 0. The Balaban J connectivity index is 1.91. The Morgan fingerprint density at radius 3 is 2.30 bits per heavy atom. The van der Waals surface area contributed by atoms with Gasteiger partial charge in [-0.2, -0.15) is 0 Å². The van der Waals surface area contributed by atoms with E-state index in [0.717, 1.165) is 11.3 Å². The predicted octanol–water partition coefficient (Wildman–Crippen LogP) is 2.78. The highest BCUT2D eigenvalue weighted by molar-refractivity contribution is 5.41. The van der Waals surface area contributed by atoms with Crippen LogP contribution in [0.2, 0.25) is 0 Å². The van der Waals surface area contributed by atoms with E-state index < -0.39 is 6.10 Å². The van der Waals surface area contributed by atoms with Crippen LogP contribution in [-0.4, -0.2) is 18.3 Å². The number of aliphatic hydroxyl groups is 1. The quantitative estimate of drug-likeness (QED) is 0.794. The second kappa shape index (κ2) is 6.82. The Labute approximate surface area is 118 Å². The molecular formula is C16H19NO3. The van der Waals surface area contributed by atoms with Crippen molar-refractivity contribution >= 4 is 5.69 Å². The fraction of sp³-hybridized carbons (Fsp3) is 0.250. The lowest BCUT2D eigenvalue weighted by atomic mass is 10.1. The van der Waals surface area contributed by atoms with E-state index in [1.165, 1.54) is 0 Å². The van der Waals surface area contributed by atoms with E-state index >= 15 is 0 Å². The molecule has 0 saturated carbocycles. The number of hydrogen-bond acceptors (Lipinski definition) is 4. The zero-order chi connectivity index (χ0) is 14.4. The molecule has 0 aliphatic carbocycles. The van der Waals surface area contributed by atoms with Crippen molar-refractivity contribution < 1.29 is 14.6 Å². The highest BCUT2D eigenvalue weighted by atomic mass is 16.5. The molecule has 0 bridgehead atoms. The second-order valence-electron chi connectivity index (χ2n) is 4.40. The largest absolute Gasteiger partial charge is 0.494 e. The van der Waals surface area contributed by atoms with Crippen LogP contribution in [0.1, 0.15) is 18.6 Å². The van der Waals surface area contributed by atoms with E-state index in [9.17, 15) is 5.11 Å². The van der Waals surface area contributed by atoms with Gasteiger partial charge in [-0.05, 0) is 48.9 Å². The minimum Gasteiger partial charge on any atom is -0.494 e. The molecule has 0 aromatic heterocycles. The Kier molecular flexibility index (Phi) is 4.85. The minimum atomic E-state index is -0.704. The third-order valence-electron chi connectivity index (χ3n) is 2.84. The topological polar surface area (TPSA) is 64.7 Å². The second-order valence-corrected chi connectivity index (χ2v) is 4.40. The number of nitrogen functional groups attached to an aromatic ring is 1. The van der Waals surface area contributed by atoms with Gasteiger partial charge in [0.2, 0.25) is 0 Å². The summed E-state index contributed by atoms with van der Waals surface area (Å²) in [6.45, 7) is 2.75. The molecule has 0 radical (unpaired) electrons. The molecule has 4 heteroatoms. The fourth-order valence-corrected chi connectivity index (χ4v) is 1.84. The van der Waals surface area contributed by atoms with Crippen LogP contribution in [0.3, 0.4) is 0 Å². The number of hydrogen-bond donors (Lipinski definition) is 2. The van der Waals surface area contributed by atoms with Gasteiger partial charge in [-0.15, -0.1) is 0 Å². The Morgan fingerprint density at radius 1 is 1.05 bits per heavy atom. The van der Waals surface area contributed by atoms with Crippen molar-refractivity contribution in [2.75, 3.05) is 18.9 Å². The molecule has 0 amide bonds. The molecule has 0 saturated heterocycles. The van der Waals surface area contributed by atoms with Gasteiger partial charge in [-0.3, -0.25) is 0 Å². The maximum Gasteiger partial charge on any atom is 0.119 e. The molecule has 4 nitrogen and oxygen atoms in total. The first-order chi connectivity index (χ1) is 9.69. The third-order valence-corrected chi connectivity index (χ3v) is 2.84. The summed E-state index contributed by atoms with van der Waals surface area (Å²) in [5, 5.41) is 10.0. The third kappa shape index (κ3) is 3.90. The Bertz CT molecular complexity index is 540. The van der Waals surface area contributed by atoms with E-state index in [1.807, 2.05) is 43.3 Å². The zero-order valence-electron chi connectivity index (χ0n) is 11.5. The number of anilines is 1. The van der Waals surface area contributed by atoms with Crippen LogP contribution >= 0.6 is 0 Å². The van der Waals surface area contributed by atoms with Crippen molar-refractivity contribution in [2.45, 2.75) is 13.0 Å². The molecule has 0 aliphatic rings. The van der Waals surface area contributed by atoms with Crippen molar-refractivity contribution in [1.82, 2.24) is 0 Å². The highest BCUT2D eigenvalue weighted by Gasteiger charge is 2.08. The van der Waals surface area contributed by atoms with Crippen LogP contribution in [-0.2, 0) is 0 Å². The van der Waals surface area contributed by atoms with Gasteiger partial charge in [0.15, 0.2) is 0 Å². The van der Waals surface area contributed by atoms with Crippen molar-refractivity contribution in [3.63, 3.8) is 0 Å². The molecule has 0 fully saturated rings. The molecule has 1 atom stereocenters. The maximum absolute atomic E-state index is 10.0. The maximum atomic E-state index is 10.0. The zero-order valence-corrected chi connectivity index (χ0v) is 11.5. The van der Waals surface area contributed by atoms with Gasteiger partial charge in [0.25, 0.3) is 0 Å². The van der Waals surface area contributed by atoms with Crippen molar-refractivity contribution in [2.24, 2.45) is 0 Å². The average molecular weight is 273 g/mol. The minimum absolute atomic E-state index is 0.178. The number of benzene rings is 2. The van der Waals surface area contributed by atoms with Gasteiger partial charge in [0.1, 0.15) is 24.2 Å². The van der Waals surface area contributed by atoms with Gasteiger partial charge in [0.05, 0.1) is 6.61 Å². The summed E-state index contributed by atoms with van der Waals surface area (Å²) in [6, 6.07) is 14.5. The van der Waals surface area contributed by atoms with E-state index in [1.54, 1.807) is 12.1 Å². The van der Waals surface area contributed by atoms with Gasteiger partial charge < -0.3 is 20.3 Å². The molecule has 0 spiro atoms. The molecular weight excluding hydrogens is 254 g/mol. The molecule has 1 unspecified atom stereocenters. The number of nitrogens with two attached hydrogens (primary N) is 1. The fourth-order valence-electron chi connectivity index (χ4n) is 1.84. The average Bonchev–Trinajstić information content (AvgIpc) is 2.46. The number of aliphatic hydroxyl groups excluding tert-OH is 1. The molecule has 106 valence electrons. The highest BCUT2D eigenvalue weighted by Crippen LogP contribution is 2.20. The van der Waals surface area contributed by atoms with Gasteiger partial charge in [0, 0.05) is 5.69 Å². The Morgan fingerprint density at radius 2 is 1.70 bits per heavy atom.